The first-order chi connectivity index (χ1) is 5.58. The van der Waals surface area contributed by atoms with Crippen molar-refractivity contribution in [1.82, 2.24) is 4.90 Å². The molecular formula is C9H15NO2. The molecule has 2 unspecified atom stereocenters. The van der Waals surface area contributed by atoms with Gasteiger partial charge in [0, 0.05) is 19.0 Å². The predicted octanol–water partition coefficient (Wildman–Crippen LogP) is 0.522. The van der Waals surface area contributed by atoms with Crippen LogP contribution in [0.5, 0.6) is 0 Å². The van der Waals surface area contributed by atoms with E-state index in [-0.39, 0.29) is 5.91 Å². The van der Waals surface area contributed by atoms with Crippen LogP contribution in [0, 0.1) is 0 Å². The Labute approximate surface area is 72.4 Å². The van der Waals surface area contributed by atoms with Gasteiger partial charge >= 0.3 is 0 Å². The van der Waals surface area contributed by atoms with Gasteiger partial charge in [-0.15, -0.1) is 0 Å². The van der Waals surface area contributed by atoms with E-state index >= 15 is 0 Å². The topological polar surface area (TPSA) is 40.5 Å². The highest BCUT2D eigenvalue weighted by molar-refractivity contribution is 5.78. The van der Waals surface area contributed by atoms with E-state index in [2.05, 4.69) is 0 Å². The van der Waals surface area contributed by atoms with E-state index in [9.17, 15) is 9.90 Å². The summed E-state index contributed by atoms with van der Waals surface area (Å²) in [5.74, 6) is 0.274. The molecule has 0 aromatic rings. The Balaban J connectivity index is 2.09. The Morgan fingerprint density at radius 3 is 3.17 bits per heavy atom. The normalized spacial score (nSPS) is 41.7. The molecule has 0 aromatic carbocycles. The summed E-state index contributed by atoms with van der Waals surface area (Å²) >= 11 is 0. The average molecular weight is 169 g/mol. The molecular weight excluding hydrogens is 154 g/mol. The quantitative estimate of drug-likeness (QED) is 0.574. The van der Waals surface area contributed by atoms with Gasteiger partial charge in [-0.3, -0.25) is 4.79 Å². The summed E-state index contributed by atoms with van der Waals surface area (Å²) in [6, 6.07) is 0.321. The highest BCUT2D eigenvalue weighted by Gasteiger charge is 2.40. The first-order valence-electron chi connectivity index (χ1n) is 4.60. The highest BCUT2D eigenvalue weighted by atomic mass is 16.3. The van der Waals surface area contributed by atoms with Crippen LogP contribution in [0.25, 0.3) is 0 Å². The maximum Gasteiger partial charge on any atom is 0.222 e. The average Bonchev–Trinajstić information content (AvgIpc) is 2.30. The van der Waals surface area contributed by atoms with Crippen molar-refractivity contribution < 1.29 is 9.90 Å². The Kier molecular flexibility index (Phi) is 1.65. The van der Waals surface area contributed by atoms with Gasteiger partial charge in [-0.05, 0) is 26.2 Å². The second-order valence-electron chi connectivity index (χ2n) is 4.23. The Hall–Kier alpha value is -0.570. The monoisotopic (exact) mass is 169 g/mol. The van der Waals surface area contributed by atoms with Gasteiger partial charge in [0.15, 0.2) is 0 Å². The highest BCUT2D eigenvalue weighted by Crippen LogP contribution is 2.33. The Bertz CT molecular complexity index is 213. The molecule has 0 spiro atoms. The number of amides is 1. The van der Waals surface area contributed by atoms with E-state index in [0.717, 1.165) is 25.8 Å². The van der Waals surface area contributed by atoms with Crippen molar-refractivity contribution in [1.29, 1.82) is 0 Å². The molecule has 2 saturated heterocycles. The first-order valence-corrected chi connectivity index (χ1v) is 4.60. The second-order valence-corrected chi connectivity index (χ2v) is 4.23. The number of rotatable bonds is 0. The van der Waals surface area contributed by atoms with E-state index in [0.29, 0.717) is 12.5 Å². The smallest absolute Gasteiger partial charge is 0.222 e. The predicted molar refractivity (Wildman–Crippen MR) is 44.6 cm³/mol. The van der Waals surface area contributed by atoms with Crippen molar-refractivity contribution in [2.24, 2.45) is 0 Å². The van der Waals surface area contributed by atoms with Crippen LogP contribution in [0.3, 0.4) is 0 Å². The minimum Gasteiger partial charge on any atom is -0.390 e. The number of hydrogen-bond acceptors (Lipinski definition) is 2. The van der Waals surface area contributed by atoms with Gasteiger partial charge in [0.25, 0.3) is 0 Å². The molecule has 3 heteroatoms. The molecule has 2 atom stereocenters. The van der Waals surface area contributed by atoms with E-state index in [1.165, 1.54) is 0 Å². The van der Waals surface area contributed by atoms with Crippen molar-refractivity contribution in [3.63, 3.8) is 0 Å². The van der Waals surface area contributed by atoms with Crippen molar-refractivity contribution in [3.8, 4) is 0 Å². The molecule has 2 fully saturated rings. The van der Waals surface area contributed by atoms with Crippen LogP contribution < -0.4 is 0 Å². The largest absolute Gasteiger partial charge is 0.390 e. The van der Waals surface area contributed by atoms with Crippen LogP contribution in [0.2, 0.25) is 0 Å². The summed E-state index contributed by atoms with van der Waals surface area (Å²) in [7, 11) is 0. The molecule has 1 amide bonds. The van der Waals surface area contributed by atoms with Crippen LogP contribution in [-0.2, 0) is 4.79 Å². The molecule has 2 aliphatic heterocycles. The molecule has 0 saturated carbocycles. The lowest BCUT2D eigenvalue weighted by atomic mass is 9.88. The van der Waals surface area contributed by atoms with E-state index in [1.807, 2.05) is 11.8 Å². The molecule has 0 radical (unpaired) electrons. The standard InChI is InChI=1S/C9H15NO2/c1-9(12)4-5-10-7(6-9)2-3-8(10)11/h7,12H,2-6H2,1H3. The number of carbonyl (C=O) groups is 1. The van der Waals surface area contributed by atoms with Crippen molar-refractivity contribution in [2.45, 2.75) is 44.2 Å². The molecule has 0 aliphatic carbocycles. The molecule has 1 N–H and O–H groups in total. The van der Waals surface area contributed by atoms with E-state index in [4.69, 9.17) is 0 Å². The van der Waals surface area contributed by atoms with Gasteiger partial charge in [-0.25, -0.2) is 0 Å². The zero-order valence-electron chi connectivity index (χ0n) is 7.42. The summed E-state index contributed by atoms with van der Waals surface area (Å²) in [6.45, 7) is 2.61. The molecule has 3 nitrogen and oxygen atoms in total. The van der Waals surface area contributed by atoms with E-state index < -0.39 is 5.60 Å². The summed E-state index contributed by atoms with van der Waals surface area (Å²) in [5.41, 5.74) is -0.536. The zero-order chi connectivity index (χ0) is 8.77. The van der Waals surface area contributed by atoms with Gasteiger partial charge < -0.3 is 10.0 Å². The van der Waals surface area contributed by atoms with Crippen LogP contribution in [-0.4, -0.2) is 34.1 Å². The fourth-order valence-electron chi connectivity index (χ4n) is 2.28. The summed E-state index contributed by atoms with van der Waals surface area (Å²) in [6.07, 6.45) is 3.11. The first kappa shape index (κ1) is 8.05. The lowest BCUT2D eigenvalue weighted by Crippen LogP contribution is -2.47. The molecule has 2 heterocycles. The fraction of sp³-hybridized carbons (Fsp3) is 0.889. The molecule has 2 aliphatic rings. The molecule has 0 bridgehead atoms. The Morgan fingerprint density at radius 1 is 1.67 bits per heavy atom. The summed E-state index contributed by atoms with van der Waals surface area (Å²) < 4.78 is 0. The van der Waals surface area contributed by atoms with Crippen LogP contribution in [0.1, 0.15) is 32.6 Å². The second kappa shape index (κ2) is 2.46. The lowest BCUT2D eigenvalue weighted by molar-refractivity contribution is -0.132. The number of fused-ring (bicyclic) bond motifs is 1. The summed E-state index contributed by atoms with van der Waals surface area (Å²) in [4.78, 5) is 13.2. The summed E-state index contributed by atoms with van der Waals surface area (Å²) in [5, 5.41) is 9.77. The Morgan fingerprint density at radius 2 is 2.42 bits per heavy atom. The van der Waals surface area contributed by atoms with Crippen molar-refractivity contribution >= 4 is 5.91 Å². The number of nitrogens with zero attached hydrogens (tertiary/aromatic N) is 1. The van der Waals surface area contributed by atoms with Crippen LogP contribution in [0.4, 0.5) is 0 Å². The maximum absolute atomic E-state index is 11.3. The number of hydrogen-bond donors (Lipinski definition) is 1. The third kappa shape index (κ3) is 1.22. The van der Waals surface area contributed by atoms with E-state index in [1.54, 1.807) is 0 Å². The fourth-order valence-corrected chi connectivity index (χ4v) is 2.28. The molecule has 68 valence electrons. The van der Waals surface area contributed by atoms with Crippen molar-refractivity contribution in [2.75, 3.05) is 6.54 Å². The van der Waals surface area contributed by atoms with Crippen molar-refractivity contribution in [3.05, 3.63) is 0 Å². The van der Waals surface area contributed by atoms with Gasteiger partial charge in [0.05, 0.1) is 5.60 Å². The maximum atomic E-state index is 11.3. The molecule has 2 rings (SSSR count). The third-order valence-corrected chi connectivity index (χ3v) is 3.02. The van der Waals surface area contributed by atoms with Gasteiger partial charge in [0.2, 0.25) is 5.91 Å². The number of carbonyl (C=O) groups excluding carboxylic acids is 1. The van der Waals surface area contributed by atoms with Gasteiger partial charge in [-0.2, -0.15) is 0 Å². The number of aliphatic hydroxyl groups is 1. The van der Waals surface area contributed by atoms with Gasteiger partial charge in [-0.1, -0.05) is 0 Å². The SMILES string of the molecule is CC1(O)CCN2C(=O)CCC2C1. The minimum atomic E-state index is -0.536. The lowest BCUT2D eigenvalue weighted by Gasteiger charge is -2.38. The third-order valence-electron chi connectivity index (χ3n) is 3.02. The molecule has 12 heavy (non-hydrogen) atoms. The van der Waals surface area contributed by atoms with Crippen LogP contribution in [0.15, 0.2) is 0 Å². The van der Waals surface area contributed by atoms with Gasteiger partial charge in [0.1, 0.15) is 0 Å². The number of piperidine rings is 1. The molecule has 0 aromatic heterocycles. The zero-order valence-corrected chi connectivity index (χ0v) is 7.42. The van der Waals surface area contributed by atoms with Crippen LogP contribution >= 0.6 is 0 Å². The minimum absolute atomic E-state index is 0.274.